The van der Waals surface area contributed by atoms with Gasteiger partial charge >= 0.3 is 0 Å². The van der Waals surface area contributed by atoms with Gasteiger partial charge in [-0.2, -0.15) is 0 Å². The van der Waals surface area contributed by atoms with Crippen LogP contribution in [0, 0.1) is 0 Å². The summed E-state index contributed by atoms with van der Waals surface area (Å²) in [6.45, 7) is 8.48. The molecule has 0 bridgehead atoms. The van der Waals surface area contributed by atoms with Crippen LogP contribution in [0.3, 0.4) is 0 Å². The maximum absolute atomic E-state index is 3.46. The van der Waals surface area contributed by atoms with Crippen LogP contribution in [0.15, 0.2) is 18.2 Å². The van der Waals surface area contributed by atoms with Gasteiger partial charge in [-0.15, -0.1) is 0 Å². The average Bonchev–Trinajstić information content (AvgIpc) is 2.95. The van der Waals surface area contributed by atoms with Crippen molar-refractivity contribution in [2.75, 3.05) is 31.5 Å². The van der Waals surface area contributed by atoms with E-state index < -0.39 is 0 Å². The van der Waals surface area contributed by atoms with Crippen LogP contribution in [0.25, 0.3) is 0 Å². The summed E-state index contributed by atoms with van der Waals surface area (Å²) in [5.41, 5.74) is 4.36. The van der Waals surface area contributed by atoms with E-state index in [1.165, 1.54) is 62.1 Å². The van der Waals surface area contributed by atoms with Crippen LogP contribution in [0.1, 0.15) is 37.3 Å². The van der Waals surface area contributed by atoms with Crippen LogP contribution in [0.2, 0.25) is 0 Å². The van der Waals surface area contributed by atoms with Crippen molar-refractivity contribution in [3.05, 3.63) is 29.3 Å². The summed E-state index contributed by atoms with van der Waals surface area (Å²) in [5, 5.41) is 3.46. The van der Waals surface area contributed by atoms with Crippen molar-refractivity contribution in [1.29, 1.82) is 0 Å². The van der Waals surface area contributed by atoms with Crippen LogP contribution in [0.5, 0.6) is 0 Å². The molecule has 0 spiro atoms. The summed E-state index contributed by atoms with van der Waals surface area (Å²) in [6.07, 6.45) is 5.42. The first-order chi connectivity index (χ1) is 10.3. The maximum Gasteiger partial charge on any atom is 0.0373 e. The van der Waals surface area contributed by atoms with Gasteiger partial charge in [0.05, 0.1) is 0 Å². The van der Waals surface area contributed by atoms with Crippen LogP contribution < -0.4 is 5.32 Å². The molecule has 0 amide bonds. The minimum absolute atomic E-state index is 0.686. The molecule has 114 valence electrons. The smallest absolute Gasteiger partial charge is 0.0373 e. The molecule has 0 aromatic heterocycles. The number of rotatable bonds is 2. The normalized spacial score (nSPS) is 29.8. The van der Waals surface area contributed by atoms with Crippen molar-refractivity contribution >= 4 is 5.69 Å². The first-order valence-electron chi connectivity index (χ1n) is 8.63. The number of hydrogen-bond donors (Lipinski definition) is 1. The second kappa shape index (κ2) is 5.62. The number of nitrogens with one attached hydrogen (secondary N) is 1. The highest BCUT2D eigenvalue weighted by atomic mass is 15.3. The Balaban J connectivity index is 1.46. The number of benzene rings is 1. The fourth-order valence-electron chi connectivity index (χ4n) is 4.32. The lowest BCUT2D eigenvalue weighted by molar-refractivity contribution is 0.0111. The number of fused-ring (bicyclic) bond motifs is 2. The zero-order chi connectivity index (χ0) is 14.2. The monoisotopic (exact) mass is 285 g/mol. The molecule has 3 aliphatic heterocycles. The lowest BCUT2D eigenvalue weighted by atomic mass is 9.96. The van der Waals surface area contributed by atoms with E-state index in [1.54, 1.807) is 0 Å². The quantitative estimate of drug-likeness (QED) is 0.901. The van der Waals surface area contributed by atoms with Crippen molar-refractivity contribution in [3.8, 4) is 0 Å². The van der Waals surface area contributed by atoms with E-state index in [-0.39, 0.29) is 0 Å². The summed E-state index contributed by atoms with van der Waals surface area (Å²) in [7, 11) is 0. The fraction of sp³-hybridized carbons (Fsp3) is 0.667. The Kier molecular flexibility index (Phi) is 3.64. The summed E-state index contributed by atoms with van der Waals surface area (Å²) >= 11 is 0. The van der Waals surface area contributed by atoms with Gasteiger partial charge in [0.1, 0.15) is 0 Å². The largest absolute Gasteiger partial charge is 0.384 e. The van der Waals surface area contributed by atoms with E-state index in [0.29, 0.717) is 6.04 Å². The van der Waals surface area contributed by atoms with Crippen molar-refractivity contribution in [3.63, 3.8) is 0 Å². The predicted molar refractivity (Wildman–Crippen MR) is 87.7 cm³/mol. The van der Waals surface area contributed by atoms with Gasteiger partial charge < -0.3 is 5.32 Å². The highest BCUT2D eigenvalue weighted by Gasteiger charge is 2.32. The van der Waals surface area contributed by atoms with Gasteiger partial charge in [0.2, 0.25) is 0 Å². The van der Waals surface area contributed by atoms with E-state index in [0.717, 1.165) is 19.1 Å². The topological polar surface area (TPSA) is 18.5 Å². The number of nitrogens with zero attached hydrogens (tertiary/aromatic N) is 2. The second-order valence-electron chi connectivity index (χ2n) is 7.09. The summed E-state index contributed by atoms with van der Waals surface area (Å²) in [6, 6.07) is 8.52. The van der Waals surface area contributed by atoms with E-state index in [2.05, 4.69) is 40.2 Å². The molecule has 1 N–H and O–H groups in total. The van der Waals surface area contributed by atoms with Crippen LogP contribution in [0.4, 0.5) is 5.69 Å². The Morgan fingerprint density at radius 1 is 1.24 bits per heavy atom. The first-order valence-corrected chi connectivity index (χ1v) is 8.63. The second-order valence-corrected chi connectivity index (χ2v) is 7.09. The summed E-state index contributed by atoms with van der Waals surface area (Å²) < 4.78 is 0. The zero-order valence-corrected chi connectivity index (χ0v) is 13.1. The predicted octanol–water partition coefficient (Wildman–Crippen LogP) is 2.71. The molecule has 2 saturated heterocycles. The Bertz CT molecular complexity index is 513. The van der Waals surface area contributed by atoms with Gasteiger partial charge in [-0.1, -0.05) is 18.6 Å². The Morgan fingerprint density at radius 3 is 3.14 bits per heavy atom. The number of piperazine rings is 1. The van der Waals surface area contributed by atoms with Gasteiger partial charge in [-0.3, -0.25) is 9.80 Å². The van der Waals surface area contributed by atoms with Gasteiger partial charge in [0, 0.05) is 44.0 Å². The third-order valence-electron chi connectivity index (χ3n) is 5.58. The van der Waals surface area contributed by atoms with Crippen molar-refractivity contribution < 1.29 is 0 Å². The summed E-state index contributed by atoms with van der Waals surface area (Å²) in [4.78, 5) is 5.44. The molecule has 1 aromatic rings. The van der Waals surface area contributed by atoms with E-state index in [1.807, 2.05) is 0 Å². The molecule has 2 fully saturated rings. The number of hydrogen-bond acceptors (Lipinski definition) is 3. The van der Waals surface area contributed by atoms with Gasteiger partial charge in [-0.05, 0) is 49.9 Å². The fourth-order valence-corrected chi connectivity index (χ4v) is 4.32. The molecule has 3 aliphatic rings. The SMILES string of the molecule is CC1CN2CCCCC2CN1Cc1ccc2c(c1)CCN2. The maximum atomic E-state index is 3.46. The standard InChI is InChI=1S/C18H27N3/c1-14-11-20-9-3-2-4-17(20)13-21(14)12-15-5-6-18-16(10-15)7-8-19-18/h5-6,10,14,17,19H,2-4,7-9,11-13H2,1H3. The third kappa shape index (κ3) is 2.69. The molecule has 1 aromatic carbocycles. The Labute approximate surface area is 128 Å². The Morgan fingerprint density at radius 2 is 2.19 bits per heavy atom. The van der Waals surface area contributed by atoms with Gasteiger partial charge in [0.25, 0.3) is 0 Å². The molecule has 2 unspecified atom stereocenters. The molecule has 0 saturated carbocycles. The molecule has 0 radical (unpaired) electrons. The highest BCUT2D eigenvalue weighted by molar-refractivity contribution is 5.56. The van der Waals surface area contributed by atoms with E-state index in [4.69, 9.17) is 0 Å². The zero-order valence-electron chi connectivity index (χ0n) is 13.1. The third-order valence-corrected chi connectivity index (χ3v) is 5.58. The molecule has 4 rings (SSSR count). The highest BCUT2D eigenvalue weighted by Crippen LogP contribution is 2.27. The van der Waals surface area contributed by atoms with Crippen molar-refractivity contribution in [2.45, 2.75) is 51.2 Å². The van der Waals surface area contributed by atoms with Crippen molar-refractivity contribution in [2.24, 2.45) is 0 Å². The molecular weight excluding hydrogens is 258 g/mol. The van der Waals surface area contributed by atoms with Crippen LogP contribution in [-0.4, -0.2) is 48.1 Å². The van der Waals surface area contributed by atoms with E-state index >= 15 is 0 Å². The lowest BCUT2D eigenvalue weighted by Crippen LogP contribution is -2.58. The summed E-state index contributed by atoms with van der Waals surface area (Å²) in [5.74, 6) is 0. The van der Waals surface area contributed by atoms with Gasteiger partial charge in [-0.25, -0.2) is 0 Å². The van der Waals surface area contributed by atoms with E-state index in [9.17, 15) is 0 Å². The average molecular weight is 285 g/mol. The van der Waals surface area contributed by atoms with Crippen LogP contribution in [-0.2, 0) is 13.0 Å². The number of piperidine rings is 1. The molecule has 3 nitrogen and oxygen atoms in total. The molecule has 21 heavy (non-hydrogen) atoms. The number of anilines is 1. The minimum Gasteiger partial charge on any atom is -0.384 e. The molecule has 0 aliphatic carbocycles. The molecule has 3 heteroatoms. The first kappa shape index (κ1) is 13.6. The molecule has 2 atom stereocenters. The molecular formula is C18H27N3. The Hall–Kier alpha value is -1.06. The van der Waals surface area contributed by atoms with Gasteiger partial charge in [0.15, 0.2) is 0 Å². The molecule has 3 heterocycles. The minimum atomic E-state index is 0.686. The van der Waals surface area contributed by atoms with Crippen LogP contribution >= 0.6 is 0 Å². The van der Waals surface area contributed by atoms with Crippen molar-refractivity contribution in [1.82, 2.24) is 9.80 Å². The lowest BCUT2D eigenvalue weighted by Gasteiger charge is -2.47.